The van der Waals surface area contributed by atoms with Gasteiger partial charge in [0.05, 0.1) is 0 Å². The molecular formula is C13H26N2O. The smallest absolute Gasteiger partial charge is 0.219 e. The van der Waals surface area contributed by atoms with Gasteiger partial charge in [-0.15, -0.1) is 0 Å². The van der Waals surface area contributed by atoms with Crippen molar-refractivity contribution in [2.75, 3.05) is 7.05 Å². The summed E-state index contributed by atoms with van der Waals surface area (Å²) in [5, 5.41) is 3.32. The molecule has 0 radical (unpaired) electrons. The summed E-state index contributed by atoms with van der Waals surface area (Å²) in [6, 6.07) is 0. The van der Waals surface area contributed by atoms with Crippen molar-refractivity contribution in [2.45, 2.75) is 58.4 Å². The Bertz CT molecular complexity index is 247. The number of hydrogen-bond acceptors (Lipinski definition) is 2. The van der Waals surface area contributed by atoms with E-state index in [9.17, 15) is 4.79 Å². The molecule has 0 bridgehead atoms. The third-order valence-corrected chi connectivity index (χ3v) is 4.21. The van der Waals surface area contributed by atoms with E-state index < -0.39 is 0 Å². The van der Waals surface area contributed by atoms with Crippen LogP contribution in [0, 0.1) is 11.3 Å². The third kappa shape index (κ3) is 3.21. The standard InChI is InChI=1S/C13H26N2O/c1-12(2,3)10-5-7-13(15-4,8-6-10)9-11(14)16/h10,15H,5-9H2,1-4H3,(H2,14,16). The van der Waals surface area contributed by atoms with Crippen LogP contribution in [0.15, 0.2) is 0 Å². The van der Waals surface area contributed by atoms with Gasteiger partial charge in [-0.1, -0.05) is 20.8 Å². The van der Waals surface area contributed by atoms with Crippen molar-refractivity contribution in [1.82, 2.24) is 5.32 Å². The van der Waals surface area contributed by atoms with Crippen LogP contribution in [0.1, 0.15) is 52.9 Å². The van der Waals surface area contributed by atoms with Crippen LogP contribution in [0.2, 0.25) is 0 Å². The highest BCUT2D eigenvalue weighted by Crippen LogP contribution is 2.42. The summed E-state index contributed by atoms with van der Waals surface area (Å²) in [6.07, 6.45) is 4.98. The molecule has 0 aliphatic heterocycles. The Balaban J connectivity index is 2.60. The van der Waals surface area contributed by atoms with Crippen LogP contribution in [0.3, 0.4) is 0 Å². The molecule has 1 fully saturated rings. The molecule has 0 saturated heterocycles. The second-order valence-corrected chi connectivity index (χ2v) is 6.31. The first-order valence-electron chi connectivity index (χ1n) is 6.26. The Morgan fingerprint density at radius 3 is 2.19 bits per heavy atom. The minimum Gasteiger partial charge on any atom is -0.370 e. The summed E-state index contributed by atoms with van der Waals surface area (Å²) in [5.41, 5.74) is 5.67. The first kappa shape index (κ1) is 13.5. The highest BCUT2D eigenvalue weighted by atomic mass is 16.1. The van der Waals surface area contributed by atoms with E-state index in [2.05, 4.69) is 26.1 Å². The van der Waals surface area contributed by atoms with E-state index in [1.807, 2.05) is 7.05 Å². The van der Waals surface area contributed by atoms with Crippen LogP contribution in [0.4, 0.5) is 0 Å². The molecule has 94 valence electrons. The molecule has 3 N–H and O–H groups in total. The van der Waals surface area contributed by atoms with Crippen molar-refractivity contribution >= 4 is 5.91 Å². The fourth-order valence-corrected chi connectivity index (χ4v) is 2.89. The maximum atomic E-state index is 11.1. The zero-order chi connectivity index (χ0) is 12.4. The molecule has 3 nitrogen and oxygen atoms in total. The fourth-order valence-electron chi connectivity index (χ4n) is 2.89. The van der Waals surface area contributed by atoms with Crippen LogP contribution in [0.25, 0.3) is 0 Å². The average molecular weight is 226 g/mol. The summed E-state index contributed by atoms with van der Waals surface area (Å²) in [6.45, 7) is 6.91. The SMILES string of the molecule is CNC1(CC(N)=O)CCC(C(C)(C)C)CC1. The number of nitrogens with one attached hydrogen (secondary N) is 1. The van der Waals surface area contributed by atoms with Gasteiger partial charge < -0.3 is 11.1 Å². The van der Waals surface area contributed by atoms with E-state index in [1.165, 1.54) is 12.8 Å². The summed E-state index contributed by atoms with van der Waals surface area (Å²) >= 11 is 0. The molecule has 1 saturated carbocycles. The van der Waals surface area contributed by atoms with Gasteiger partial charge in [-0.05, 0) is 44.1 Å². The predicted octanol–water partition coefficient (Wildman–Crippen LogP) is 2.06. The van der Waals surface area contributed by atoms with Gasteiger partial charge in [0.25, 0.3) is 0 Å². The minimum absolute atomic E-state index is 0.0341. The predicted molar refractivity (Wildman–Crippen MR) is 67.0 cm³/mol. The van der Waals surface area contributed by atoms with Crippen LogP contribution in [-0.2, 0) is 4.79 Å². The van der Waals surface area contributed by atoms with E-state index in [4.69, 9.17) is 5.73 Å². The quantitative estimate of drug-likeness (QED) is 0.774. The summed E-state index contributed by atoms with van der Waals surface area (Å²) in [7, 11) is 1.94. The normalized spacial score (nSPS) is 31.4. The van der Waals surface area contributed by atoms with Crippen molar-refractivity contribution in [3.8, 4) is 0 Å². The Labute approximate surface area is 99.2 Å². The molecule has 16 heavy (non-hydrogen) atoms. The van der Waals surface area contributed by atoms with E-state index in [-0.39, 0.29) is 11.4 Å². The van der Waals surface area contributed by atoms with Crippen molar-refractivity contribution in [3.63, 3.8) is 0 Å². The molecule has 3 heteroatoms. The van der Waals surface area contributed by atoms with Gasteiger partial charge in [0.2, 0.25) is 5.91 Å². The molecular weight excluding hydrogens is 200 g/mol. The number of carbonyl (C=O) groups is 1. The molecule has 1 rings (SSSR count). The van der Waals surface area contributed by atoms with E-state index >= 15 is 0 Å². The Kier molecular flexibility index (Phi) is 4.00. The molecule has 0 aromatic carbocycles. The number of carbonyl (C=O) groups excluding carboxylic acids is 1. The van der Waals surface area contributed by atoms with Crippen LogP contribution in [0.5, 0.6) is 0 Å². The lowest BCUT2D eigenvalue weighted by molar-refractivity contribution is -0.120. The van der Waals surface area contributed by atoms with E-state index in [0.29, 0.717) is 11.8 Å². The molecule has 1 amide bonds. The van der Waals surface area contributed by atoms with Crippen molar-refractivity contribution in [3.05, 3.63) is 0 Å². The van der Waals surface area contributed by atoms with Gasteiger partial charge in [0.1, 0.15) is 0 Å². The number of rotatable bonds is 3. The second kappa shape index (κ2) is 4.74. The third-order valence-electron chi connectivity index (χ3n) is 4.21. The van der Waals surface area contributed by atoms with E-state index in [0.717, 1.165) is 18.8 Å². The van der Waals surface area contributed by atoms with Crippen molar-refractivity contribution in [1.29, 1.82) is 0 Å². The number of amides is 1. The van der Waals surface area contributed by atoms with Crippen LogP contribution >= 0.6 is 0 Å². The van der Waals surface area contributed by atoms with Gasteiger partial charge in [0.15, 0.2) is 0 Å². The Hall–Kier alpha value is -0.570. The Morgan fingerprint density at radius 2 is 1.88 bits per heavy atom. The van der Waals surface area contributed by atoms with Gasteiger partial charge in [-0.3, -0.25) is 4.79 Å². The highest BCUT2D eigenvalue weighted by molar-refractivity contribution is 5.75. The summed E-state index contributed by atoms with van der Waals surface area (Å²) in [4.78, 5) is 11.1. The largest absolute Gasteiger partial charge is 0.370 e. The zero-order valence-corrected chi connectivity index (χ0v) is 11.1. The molecule has 0 atom stereocenters. The zero-order valence-electron chi connectivity index (χ0n) is 11.1. The van der Waals surface area contributed by atoms with Gasteiger partial charge in [-0.2, -0.15) is 0 Å². The highest BCUT2D eigenvalue weighted by Gasteiger charge is 2.38. The number of nitrogens with two attached hydrogens (primary N) is 1. The minimum atomic E-state index is -0.191. The van der Waals surface area contributed by atoms with Crippen molar-refractivity contribution < 1.29 is 4.79 Å². The van der Waals surface area contributed by atoms with Gasteiger partial charge >= 0.3 is 0 Å². The van der Waals surface area contributed by atoms with Gasteiger partial charge in [-0.25, -0.2) is 0 Å². The maximum absolute atomic E-state index is 11.1. The van der Waals surface area contributed by atoms with Crippen LogP contribution in [-0.4, -0.2) is 18.5 Å². The molecule has 0 heterocycles. The monoisotopic (exact) mass is 226 g/mol. The first-order valence-corrected chi connectivity index (χ1v) is 6.26. The second-order valence-electron chi connectivity index (χ2n) is 6.31. The lowest BCUT2D eigenvalue weighted by Gasteiger charge is -2.43. The lowest BCUT2D eigenvalue weighted by Crippen LogP contribution is -2.49. The van der Waals surface area contributed by atoms with E-state index in [1.54, 1.807) is 0 Å². The van der Waals surface area contributed by atoms with Crippen molar-refractivity contribution in [2.24, 2.45) is 17.1 Å². The summed E-state index contributed by atoms with van der Waals surface area (Å²) < 4.78 is 0. The first-order chi connectivity index (χ1) is 7.29. The maximum Gasteiger partial charge on any atom is 0.219 e. The molecule has 0 aromatic rings. The number of hydrogen-bond donors (Lipinski definition) is 2. The molecule has 1 aliphatic carbocycles. The molecule has 0 spiro atoms. The van der Waals surface area contributed by atoms with Gasteiger partial charge in [0, 0.05) is 12.0 Å². The molecule has 0 unspecified atom stereocenters. The fraction of sp³-hybridized carbons (Fsp3) is 0.923. The lowest BCUT2D eigenvalue weighted by atomic mass is 9.66. The topological polar surface area (TPSA) is 55.1 Å². The Morgan fingerprint density at radius 1 is 1.38 bits per heavy atom. The van der Waals surface area contributed by atoms with Crippen LogP contribution < -0.4 is 11.1 Å². The summed E-state index contributed by atoms with van der Waals surface area (Å²) in [5.74, 6) is 0.574. The molecule has 1 aliphatic rings. The average Bonchev–Trinajstić information content (AvgIpc) is 2.16. The molecule has 0 aromatic heterocycles. The number of primary amides is 1.